The molecule has 0 unspecified atom stereocenters. The van der Waals surface area contributed by atoms with Gasteiger partial charge in [0.1, 0.15) is 0 Å². The predicted molar refractivity (Wildman–Crippen MR) is 48.2 cm³/mol. The molecule has 0 aromatic heterocycles. The van der Waals surface area contributed by atoms with E-state index in [0.29, 0.717) is 12.5 Å². The molecule has 0 aliphatic rings. The summed E-state index contributed by atoms with van der Waals surface area (Å²) >= 11 is 0. The Hall–Kier alpha value is -1.17. The summed E-state index contributed by atoms with van der Waals surface area (Å²) < 4.78 is 0. The van der Waals surface area contributed by atoms with Crippen molar-refractivity contribution >= 4 is 5.96 Å². The Balaban J connectivity index is 3.50. The van der Waals surface area contributed by atoms with Crippen molar-refractivity contribution in [1.29, 1.82) is 0 Å². The summed E-state index contributed by atoms with van der Waals surface area (Å²) in [5.74, 6) is 3.10. The SMILES string of the molecule is C#CCCCN=C(N)N(C)C. The van der Waals surface area contributed by atoms with Crippen molar-refractivity contribution in [2.24, 2.45) is 10.7 Å². The summed E-state index contributed by atoms with van der Waals surface area (Å²) in [5.41, 5.74) is 5.52. The second-order valence-corrected chi connectivity index (χ2v) is 2.44. The van der Waals surface area contributed by atoms with Crippen molar-refractivity contribution in [2.45, 2.75) is 12.8 Å². The molecule has 0 atom stereocenters. The summed E-state index contributed by atoms with van der Waals surface area (Å²) in [6, 6.07) is 0. The third-order valence-corrected chi connectivity index (χ3v) is 1.21. The number of hydrogen-bond acceptors (Lipinski definition) is 1. The molecular weight excluding hydrogens is 138 g/mol. The lowest BCUT2D eigenvalue weighted by molar-refractivity contribution is 0.608. The molecule has 3 nitrogen and oxygen atoms in total. The molecule has 0 fully saturated rings. The molecule has 62 valence electrons. The lowest BCUT2D eigenvalue weighted by Crippen LogP contribution is -2.30. The number of hydrogen-bond donors (Lipinski definition) is 1. The van der Waals surface area contributed by atoms with Gasteiger partial charge in [-0.25, -0.2) is 0 Å². The van der Waals surface area contributed by atoms with Gasteiger partial charge in [0.25, 0.3) is 0 Å². The third-order valence-electron chi connectivity index (χ3n) is 1.21. The van der Waals surface area contributed by atoms with Gasteiger partial charge in [0.05, 0.1) is 0 Å². The highest BCUT2D eigenvalue weighted by atomic mass is 15.2. The highest BCUT2D eigenvalue weighted by molar-refractivity contribution is 5.77. The van der Waals surface area contributed by atoms with Crippen molar-refractivity contribution in [3.63, 3.8) is 0 Å². The second-order valence-electron chi connectivity index (χ2n) is 2.44. The normalized spacial score (nSPS) is 10.8. The summed E-state index contributed by atoms with van der Waals surface area (Å²) in [7, 11) is 3.72. The molecule has 0 aromatic carbocycles. The summed E-state index contributed by atoms with van der Waals surface area (Å²) in [6.45, 7) is 0.716. The molecule has 0 bridgehead atoms. The van der Waals surface area contributed by atoms with Gasteiger partial charge in [0, 0.05) is 27.1 Å². The molecule has 11 heavy (non-hydrogen) atoms. The van der Waals surface area contributed by atoms with Crippen LogP contribution in [0.3, 0.4) is 0 Å². The van der Waals surface area contributed by atoms with E-state index in [4.69, 9.17) is 12.2 Å². The molecule has 0 amide bonds. The van der Waals surface area contributed by atoms with Crippen molar-refractivity contribution in [1.82, 2.24) is 4.90 Å². The zero-order valence-electron chi connectivity index (χ0n) is 7.17. The zero-order chi connectivity index (χ0) is 8.69. The number of nitrogens with two attached hydrogens (primary N) is 1. The number of nitrogens with zero attached hydrogens (tertiary/aromatic N) is 2. The van der Waals surface area contributed by atoms with Crippen LogP contribution in [0, 0.1) is 12.3 Å². The molecule has 0 aliphatic heterocycles. The average Bonchev–Trinajstić information content (AvgIpc) is 1.97. The van der Waals surface area contributed by atoms with Crippen molar-refractivity contribution in [3.05, 3.63) is 0 Å². The minimum atomic E-state index is 0.557. The smallest absolute Gasteiger partial charge is 0.190 e. The van der Waals surface area contributed by atoms with E-state index in [0.717, 1.165) is 12.8 Å². The molecule has 0 rings (SSSR count). The topological polar surface area (TPSA) is 41.6 Å². The summed E-state index contributed by atoms with van der Waals surface area (Å²) in [4.78, 5) is 5.86. The Morgan fingerprint density at radius 2 is 2.27 bits per heavy atom. The molecule has 0 aliphatic carbocycles. The van der Waals surface area contributed by atoms with Crippen LogP contribution in [-0.4, -0.2) is 31.5 Å². The minimum absolute atomic E-state index is 0.557. The van der Waals surface area contributed by atoms with Crippen molar-refractivity contribution in [3.8, 4) is 12.3 Å². The first-order valence-electron chi connectivity index (χ1n) is 3.59. The zero-order valence-corrected chi connectivity index (χ0v) is 7.17. The highest BCUT2D eigenvalue weighted by Gasteiger charge is 1.91. The van der Waals surface area contributed by atoms with Gasteiger partial charge in [0.15, 0.2) is 5.96 Å². The van der Waals surface area contributed by atoms with Crippen LogP contribution in [0.4, 0.5) is 0 Å². The van der Waals surface area contributed by atoms with Gasteiger partial charge in [-0.3, -0.25) is 4.99 Å². The number of aliphatic imine (C=N–C) groups is 1. The predicted octanol–water partition coefficient (Wildman–Crippen LogP) is 0.276. The first kappa shape index (κ1) is 9.83. The van der Waals surface area contributed by atoms with Crippen LogP contribution < -0.4 is 5.73 Å². The Kier molecular flexibility index (Phi) is 5.01. The van der Waals surface area contributed by atoms with E-state index in [9.17, 15) is 0 Å². The summed E-state index contributed by atoms with van der Waals surface area (Å²) in [6.07, 6.45) is 6.74. The Morgan fingerprint density at radius 1 is 1.64 bits per heavy atom. The monoisotopic (exact) mass is 153 g/mol. The molecular formula is C8H15N3. The van der Waals surface area contributed by atoms with Crippen LogP contribution in [0.2, 0.25) is 0 Å². The molecule has 2 N–H and O–H groups in total. The van der Waals surface area contributed by atoms with Gasteiger partial charge in [-0.05, 0) is 6.42 Å². The maximum Gasteiger partial charge on any atom is 0.190 e. The fourth-order valence-electron chi connectivity index (χ4n) is 0.516. The van der Waals surface area contributed by atoms with E-state index in [-0.39, 0.29) is 0 Å². The van der Waals surface area contributed by atoms with E-state index in [1.54, 1.807) is 4.90 Å². The first-order valence-corrected chi connectivity index (χ1v) is 3.59. The fourth-order valence-corrected chi connectivity index (χ4v) is 0.516. The van der Waals surface area contributed by atoms with Crippen LogP contribution in [0.1, 0.15) is 12.8 Å². The molecule has 0 aromatic rings. The van der Waals surface area contributed by atoms with Crippen molar-refractivity contribution < 1.29 is 0 Å². The van der Waals surface area contributed by atoms with Gasteiger partial charge in [0.2, 0.25) is 0 Å². The lowest BCUT2D eigenvalue weighted by Gasteiger charge is -2.09. The molecule has 0 saturated heterocycles. The third kappa shape index (κ3) is 5.28. The molecule has 0 spiro atoms. The van der Waals surface area contributed by atoms with Gasteiger partial charge in [-0.15, -0.1) is 12.3 Å². The number of rotatable bonds is 3. The Bertz CT molecular complexity index is 165. The Labute approximate surface area is 68.3 Å². The highest BCUT2D eigenvalue weighted by Crippen LogP contribution is 1.87. The van der Waals surface area contributed by atoms with Crippen LogP contribution in [-0.2, 0) is 0 Å². The number of guanidine groups is 1. The van der Waals surface area contributed by atoms with E-state index < -0.39 is 0 Å². The maximum absolute atomic E-state index is 5.52. The minimum Gasteiger partial charge on any atom is -0.370 e. The summed E-state index contributed by atoms with van der Waals surface area (Å²) in [5, 5.41) is 0. The molecule has 3 heteroatoms. The van der Waals surface area contributed by atoms with Crippen molar-refractivity contribution in [2.75, 3.05) is 20.6 Å². The van der Waals surface area contributed by atoms with E-state index in [1.807, 2.05) is 14.1 Å². The van der Waals surface area contributed by atoms with Gasteiger partial charge >= 0.3 is 0 Å². The second kappa shape index (κ2) is 5.60. The van der Waals surface area contributed by atoms with Gasteiger partial charge < -0.3 is 10.6 Å². The Morgan fingerprint density at radius 3 is 2.73 bits per heavy atom. The fraction of sp³-hybridized carbons (Fsp3) is 0.625. The van der Waals surface area contributed by atoms with Gasteiger partial charge in [-0.1, -0.05) is 0 Å². The molecule has 0 heterocycles. The van der Waals surface area contributed by atoms with Gasteiger partial charge in [-0.2, -0.15) is 0 Å². The van der Waals surface area contributed by atoms with Crippen LogP contribution in [0.5, 0.6) is 0 Å². The molecule has 0 saturated carbocycles. The van der Waals surface area contributed by atoms with Crippen LogP contribution in [0.25, 0.3) is 0 Å². The number of terminal acetylenes is 1. The van der Waals surface area contributed by atoms with E-state index >= 15 is 0 Å². The maximum atomic E-state index is 5.52. The van der Waals surface area contributed by atoms with E-state index in [1.165, 1.54) is 0 Å². The van der Waals surface area contributed by atoms with E-state index in [2.05, 4.69) is 10.9 Å². The molecule has 0 radical (unpaired) electrons. The lowest BCUT2D eigenvalue weighted by atomic mass is 10.3. The standard InChI is InChI=1S/C8H15N3/c1-4-5-6-7-10-8(9)11(2)3/h1H,5-7H2,2-3H3,(H2,9,10). The van der Waals surface area contributed by atoms with Crippen LogP contribution >= 0.6 is 0 Å². The van der Waals surface area contributed by atoms with Crippen LogP contribution in [0.15, 0.2) is 4.99 Å². The number of unbranched alkanes of at least 4 members (excludes halogenated alkanes) is 1. The first-order chi connectivity index (χ1) is 5.18. The quantitative estimate of drug-likeness (QED) is 0.274. The largest absolute Gasteiger partial charge is 0.370 e. The average molecular weight is 153 g/mol.